The maximum Gasteiger partial charge on any atom is 0.224 e. The average molecular weight is 399 g/mol. The molecule has 0 radical (unpaired) electrons. The fraction of sp³-hybridized carbons (Fsp3) is 0.130. The van der Waals surface area contributed by atoms with Crippen LogP contribution in [-0.2, 0) is 24.4 Å². The molecule has 0 fully saturated rings. The molecule has 0 aliphatic carbocycles. The first-order chi connectivity index (χ1) is 14.8. The molecule has 0 aliphatic rings. The Balaban J connectivity index is 1.27. The number of aromatic nitrogens is 4. The second kappa shape index (κ2) is 9.47. The number of tetrazole rings is 1. The van der Waals surface area contributed by atoms with Crippen LogP contribution in [0.4, 0.5) is 0 Å². The predicted molar refractivity (Wildman–Crippen MR) is 112 cm³/mol. The fourth-order valence-corrected chi connectivity index (χ4v) is 3.01. The summed E-state index contributed by atoms with van der Waals surface area (Å²) >= 11 is 0. The summed E-state index contributed by atoms with van der Waals surface area (Å²) in [5.41, 5.74) is 3.86. The Kier molecular flexibility index (Phi) is 6.10. The molecule has 7 heteroatoms. The van der Waals surface area contributed by atoms with E-state index in [4.69, 9.17) is 4.74 Å². The summed E-state index contributed by atoms with van der Waals surface area (Å²) in [6.07, 6.45) is 1.84. The van der Waals surface area contributed by atoms with E-state index in [1.165, 1.54) is 6.33 Å². The van der Waals surface area contributed by atoms with Crippen molar-refractivity contribution >= 4 is 5.91 Å². The van der Waals surface area contributed by atoms with E-state index < -0.39 is 0 Å². The molecule has 0 saturated heterocycles. The van der Waals surface area contributed by atoms with E-state index >= 15 is 0 Å². The van der Waals surface area contributed by atoms with E-state index in [0.29, 0.717) is 19.6 Å². The fourth-order valence-electron chi connectivity index (χ4n) is 3.01. The zero-order valence-corrected chi connectivity index (χ0v) is 16.3. The van der Waals surface area contributed by atoms with Gasteiger partial charge in [-0.15, -0.1) is 5.10 Å². The molecule has 1 heterocycles. The van der Waals surface area contributed by atoms with Crippen molar-refractivity contribution in [3.8, 4) is 11.4 Å². The van der Waals surface area contributed by atoms with Gasteiger partial charge < -0.3 is 10.1 Å². The van der Waals surface area contributed by atoms with Crippen molar-refractivity contribution in [2.24, 2.45) is 0 Å². The molecule has 4 rings (SSSR count). The molecule has 0 spiro atoms. The molecule has 3 aromatic carbocycles. The minimum Gasteiger partial charge on any atom is -0.489 e. The lowest BCUT2D eigenvalue weighted by molar-refractivity contribution is -0.120. The van der Waals surface area contributed by atoms with Crippen LogP contribution in [0.25, 0.3) is 5.69 Å². The molecule has 0 bridgehead atoms. The number of benzene rings is 3. The van der Waals surface area contributed by atoms with Gasteiger partial charge in [-0.05, 0) is 51.4 Å². The Morgan fingerprint density at radius 3 is 2.47 bits per heavy atom. The van der Waals surface area contributed by atoms with Crippen molar-refractivity contribution in [1.29, 1.82) is 0 Å². The lowest BCUT2D eigenvalue weighted by Crippen LogP contribution is -2.24. The van der Waals surface area contributed by atoms with E-state index in [2.05, 4.69) is 20.8 Å². The van der Waals surface area contributed by atoms with Crippen LogP contribution in [0.3, 0.4) is 0 Å². The molecule has 0 unspecified atom stereocenters. The zero-order chi connectivity index (χ0) is 20.6. The molecule has 7 nitrogen and oxygen atoms in total. The van der Waals surface area contributed by atoms with E-state index in [-0.39, 0.29) is 5.91 Å². The van der Waals surface area contributed by atoms with Gasteiger partial charge in [-0.1, -0.05) is 54.6 Å². The van der Waals surface area contributed by atoms with Crippen LogP contribution >= 0.6 is 0 Å². The second-order valence-corrected chi connectivity index (χ2v) is 6.80. The number of para-hydroxylation sites is 1. The number of hydrogen-bond acceptors (Lipinski definition) is 5. The summed E-state index contributed by atoms with van der Waals surface area (Å²) in [6.45, 7) is 0.958. The number of carbonyl (C=O) groups is 1. The van der Waals surface area contributed by atoms with E-state index in [1.54, 1.807) is 4.68 Å². The SMILES string of the molecule is O=C(Cc1ccc(-n2cnnn2)cc1)NCc1cccc(COc2ccccc2)c1. The Bertz CT molecular complexity index is 1080. The van der Waals surface area contributed by atoms with Gasteiger partial charge in [0.1, 0.15) is 18.7 Å². The van der Waals surface area contributed by atoms with Gasteiger partial charge >= 0.3 is 0 Å². The van der Waals surface area contributed by atoms with Gasteiger partial charge in [0.05, 0.1) is 12.1 Å². The van der Waals surface area contributed by atoms with Crippen molar-refractivity contribution in [3.63, 3.8) is 0 Å². The number of nitrogens with zero attached hydrogens (tertiary/aromatic N) is 4. The molecule has 150 valence electrons. The third kappa shape index (κ3) is 5.29. The van der Waals surface area contributed by atoms with Gasteiger partial charge in [0, 0.05) is 6.54 Å². The first-order valence-electron chi connectivity index (χ1n) is 9.61. The summed E-state index contributed by atoms with van der Waals surface area (Å²) < 4.78 is 7.35. The van der Waals surface area contributed by atoms with Crippen molar-refractivity contribution < 1.29 is 9.53 Å². The predicted octanol–water partition coefficient (Wildman–Crippen LogP) is 3.10. The largest absolute Gasteiger partial charge is 0.489 e. The van der Waals surface area contributed by atoms with Gasteiger partial charge in [0.2, 0.25) is 5.91 Å². The standard InChI is InChI=1S/C23H21N5O2/c29-23(14-18-9-11-21(12-10-18)28-17-25-26-27-28)24-15-19-5-4-6-20(13-19)16-30-22-7-2-1-3-8-22/h1-13,17H,14-16H2,(H,24,29). The van der Waals surface area contributed by atoms with Gasteiger partial charge in [-0.2, -0.15) is 0 Å². The van der Waals surface area contributed by atoms with Crippen molar-refractivity contribution in [1.82, 2.24) is 25.5 Å². The molecular weight excluding hydrogens is 378 g/mol. The Morgan fingerprint density at radius 1 is 0.900 bits per heavy atom. The number of hydrogen-bond donors (Lipinski definition) is 1. The third-order valence-corrected chi connectivity index (χ3v) is 4.54. The van der Waals surface area contributed by atoms with E-state index in [0.717, 1.165) is 28.1 Å². The average Bonchev–Trinajstić information content (AvgIpc) is 3.33. The highest BCUT2D eigenvalue weighted by molar-refractivity contribution is 5.78. The van der Waals surface area contributed by atoms with Crippen LogP contribution in [0.15, 0.2) is 85.2 Å². The minimum atomic E-state index is -0.0314. The summed E-state index contributed by atoms with van der Waals surface area (Å²) in [4.78, 5) is 12.3. The monoisotopic (exact) mass is 399 g/mol. The molecule has 0 aliphatic heterocycles. The molecule has 1 amide bonds. The number of ether oxygens (including phenoxy) is 1. The Morgan fingerprint density at radius 2 is 1.70 bits per heavy atom. The molecule has 1 aromatic heterocycles. The molecule has 30 heavy (non-hydrogen) atoms. The van der Waals surface area contributed by atoms with Crippen LogP contribution < -0.4 is 10.1 Å². The number of carbonyl (C=O) groups excluding carboxylic acids is 1. The maximum absolute atomic E-state index is 12.3. The molecule has 1 N–H and O–H groups in total. The number of amides is 1. The zero-order valence-electron chi connectivity index (χ0n) is 16.3. The van der Waals surface area contributed by atoms with Crippen molar-refractivity contribution in [2.75, 3.05) is 0 Å². The first kappa shape index (κ1) is 19.3. The normalized spacial score (nSPS) is 10.5. The summed E-state index contributed by atoms with van der Waals surface area (Å²) in [5, 5.41) is 14.1. The Labute approximate surface area is 174 Å². The van der Waals surface area contributed by atoms with Crippen LogP contribution in [0.5, 0.6) is 5.75 Å². The highest BCUT2D eigenvalue weighted by Crippen LogP contribution is 2.13. The minimum absolute atomic E-state index is 0.0314. The van der Waals surface area contributed by atoms with Crippen molar-refractivity contribution in [2.45, 2.75) is 19.6 Å². The lowest BCUT2D eigenvalue weighted by atomic mass is 10.1. The second-order valence-electron chi connectivity index (χ2n) is 6.80. The van der Waals surface area contributed by atoms with Gasteiger partial charge in [0.15, 0.2) is 0 Å². The van der Waals surface area contributed by atoms with Gasteiger partial charge in [-0.25, -0.2) is 4.68 Å². The van der Waals surface area contributed by atoms with Crippen LogP contribution in [0.2, 0.25) is 0 Å². The molecule has 4 aromatic rings. The molecular formula is C23H21N5O2. The first-order valence-corrected chi connectivity index (χ1v) is 9.61. The number of rotatable bonds is 8. The van der Waals surface area contributed by atoms with E-state index in [9.17, 15) is 4.79 Å². The lowest BCUT2D eigenvalue weighted by Gasteiger charge is -2.09. The van der Waals surface area contributed by atoms with Crippen molar-refractivity contribution in [3.05, 3.63) is 102 Å². The third-order valence-electron chi connectivity index (χ3n) is 4.54. The quantitative estimate of drug-likeness (QED) is 0.492. The van der Waals surface area contributed by atoms with E-state index in [1.807, 2.05) is 78.9 Å². The highest BCUT2D eigenvalue weighted by Gasteiger charge is 2.05. The van der Waals surface area contributed by atoms with Crippen LogP contribution in [-0.4, -0.2) is 26.1 Å². The maximum atomic E-state index is 12.3. The Hall–Kier alpha value is -4.00. The summed E-state index contributed by atoms with van der Waals surface area (Å²) in [6, 6.07) is 25.3. The van der Waals surface area contributed by atoms with Gasteiger partial charge in [0.25, 0.3) is 0 Å². The number of nitrogens with one attached hydrogen (secondary N) is 1. The smallest absolute Gasteiger partial charge is 0.224 e. The van der Waals surface area contributed by atoms with Crippen LogP contribution in [0.1, 0.15) is 16.7 Å². The van der Waals surface area contributed by atoms with Gasteiger partial charge in [-0.3, -0.25) is 4.79 Å². The molecule has 0 atom stereocenters. The topological polar surface area (TPSA) is 81.9 Å². The molecule has 0 saturated carbocycles. The highest BCUT2D eigenvalue weighted by atomic mass is 16.5. The van der Waals surface area contributed by atoms with Crippen LogP contribution in [0, 0.1) is 0 Å². The summed E-state index contributed by atoms with van der Waals surface area (Å²) in [7, 11) is 0. The summed E-state index contributed by atoms with van der Waals surface area (Å²) in [5.74, 6) is 0.804.